The molecule has 0 aromatic carbocycles. The molecule has 0 spiro atoms. The number of carbonyl (C=O) groups excluding carboxylic acids is 1. The third-order valence-corrected chi connectivity index (χ3v) is 4.41. The van der Waals surface area contributed by atoms with E-state index in [9.17, 15) is 18.0 Å². The summed E-state index contributed by atoms with van der Waals surface area (Å²) in [7, 11) is 0. The van der Waals surface area contributed by atoms with Gasteiger partial charge in [0.1, 0.15) is 6.04 Å². The Bertz CT molecular complexity index is 736. The fourth-order valence-corrected chi connectivity index (χ4v) is 3.26. The summed E-state index contributed by atoms with van der Waals surface area (Å²) in [6.45, 7) is 2.63. The summed E-state index contributed by atoms with van der Waals surface area (Å²) in [6, 6.07) is 1.04. The monoisotopic (exact) mass is 355 g/mol. The number of alkyl halides is 3. The van der Waals surface area contributed by atoms with Gasteiger partial charge in [-0.25, -0.2) is 0 Å². The smallest absolute Gasteiger partial charge is 0.352 e. The summed E-state index contributed by atoms with van der Waals surface area (Å²) in [6.07, 6.45) is 0.847. The number of aromatic nitrogens is 4. The van der Waals surface area contributed by atoms with Crippen LogP contribution >= 0.6 is 0 Å². The number of nitrogens with one attached hydrogen (secondary N) is 1. The van der Waals surface area contributed by atoms with Crippen LogP contribution in [0.3, 0.4) is 0 Å². The maximum absolute atomic E-state index is 13.2. The number of fused-ring (bicyclic) bond motifs is 1. The molecule has 0 unspecified atom stereocenters. The maximum Gasteiger partial charge on any atom is 0.435 e. The molecule has 0 saturated carbocycles. The molecule has 1 N–H and O–H groups in total. The first-order valence-electron chi connectivity index (χ1n) is 8.34. The van der Waals surface area contributed by atoms with Crippen LogP contribution in [0.5, 0.6) is 0 Å². The van der Waals surface area contributed by atoms with E-state index < -0.39 is 17.9 Å². The van der Waals surface area contributed by atoms with E-state index in [-0.39, 0.29) is 11.5 Å². The molecule has 0 bridgehead atoms. The molecule has 1 aliphatic carbocycles. The van der Waals surface area contributed by atoms with Crippen molar-refractivity contribution in [2.45, 2.75) is 51.4 Å². The van der Waals surface area contributed by atoms with Gasteiger partial charge in [-0.2, -0.15) is 23.4 Å². The summed E-state index contributed by atoms with van der Waals surface area (Å²) in [5, 5.41) is 10.6. The molecule has 1 atom stereocenters. The van der Waals surface area contributed by atoms with Gasteiger partial charge < -0.3 is 5.32 Å². The second kappa shape index (κ2) is 6.89. The van der Waals surface area contributed by atoms with Crippen molar-refractivity contribution in [3.63, 3.8) is 0 Å². The van der Waals surface area contributed by atoms with Crippen molar-refractivity contribution in [1.29, 1.82) is 0 Å². The normalized spacial score (nSPS) is 15.2. The lowest BCUT2D eigenvalue weighted by atomic mass is 10.1. The van der Waals surface area contributed by atoms with Crippen molar-refractivity contribution < 1.29 is 18.0 Å². The van der Waals surface area contributed by atoms with Crippen LogP contribution in [-0.4, -0.2) is 32.0 Å². The molecule has 2 aromatic heterocycles. The van der Waals surface area contributed by atoms with Crippen LogP contribution in [0.15, 0.2) is 18.5 Å². The largest absolute Gasteiger partial charge is 0.435 e. The van der Waals surface area contributed by atoms with E-state index >= 15 is 0 Å². The number of nitrogens with zero attached hydrogens (tertiary/aromatic N) is 4. The minimum Gasteiger partial charge on any atom is -0.352 e. The Morgan fingerprint density at radius 2 is 2.20 bits per heavy atom. The highest BCUT2D eigenvalue weighted by Gasteiger charge is 2.41. The molecule has 2 heterocycles. The second-order valence-corrected chi connectivity index (χ2v) is 6.05. The Morgan fingerprint density at radius 3 is 2.84 bits per heavy atom. The number of rotatable bonds is 6. The van der Waals surface area contributed by atoms with Crippen molar-refractivity contribution in [1.82, 2.24) is 24.9 Å². The highest BCUT2D eigenvalue weighted by atomic mass is 19.4. The number of hydrogen-bond donors (Lipinski definition) is 1. The zero-order chi connectivity index (χ0) is 18.0. The van der Waals surface area contributed by atoms with Gasteiger partial charge in [0.2, 0.25) is 5.91 Å². The van der Waals surface area contributed by atoms with Crippen LogP contribution < -0.4 is 5.32 Å². The molecule has 0 saturated heterocycles. The van der Waals surface area contributed by atoms with Gasteiger partial charge in [-0.3, -0.25) is 14.2 Å². The molecule has 1 aliphatic rings. The fraction of sp³-hybridized carbons (Fsp3) is 0.562. The third-order valence-electron chi connectivity index (χ3n) is 4.41. The number of amides is 1. The molecule has 136 valence electrons. The Morgan fingerprint density at radius 1 is 1.40 bits per heavy atom. The number of hydrogen-bond acceptors (Lipinski definition) is 3. The molecule has 6 nitrogen and oxygen atoms in total. The van der Waals surface area contributed by atoms with E-state index in [4.69, 9.17) is 0 Å². The zero-order valence-corrected chi connectivity index (χ0v) is 13.9. The van der Waals surface area contributed by atoms with Gasteiger partial charge in [0, 0.05) is 30.2 Å². The quantitative estimate of drug-likeness (QED) is 0.865. The average Bonchev–Trinajstić information content (AvgIpc) is 3.24. The molecule has 2 aromatic rings. The Labute approximate surface area is 143 Å². The Balaban J connectivity index is 1.75. The Hall–Kier alpha value is -2.32. The lowest BCUT2D eigenvalue weighted by Gasteiger charge is -2.18. The summed E-state index contributed by atoms with van der Waals surface area (Å²) in [4.78, 5) is 12.5. The third kappa shape index (κ3) is 3.54. The van der Waals surface area contributed by atoms with Gasteiger partial charge in [-0.1, -0.05) is 6.92 Å². The molecule has 1 amide bonds. The second-order valence-electron chi connectivity index (χ2n) is 6.05. The van der Waals surface area contributed by atoms with Gasteiger partial charge in [-0.15, -0.1) is 0 Å². The highest BCUT2D eigenvalue weighted by molar-refractivity contribution is 5.80. The first-order chi connectivity index (χ1) is 11.9. The van der Waals surface area contributed by atoms with Crippen molar-refractivity contribution in [3.05, 3.63) is 35.4 Å². The number of halogens is 3. The molecule has 0 radical (unpaired) electrons. The molecule has 0 aliphatic heterocycles. The Kier molecular flexibility index (Phi) is 4.82. The molecule has 9 heteroatoms. The van der Waals surface area contributed by atoms with Crippen LogP contribution in [0, 0.1) is 0 Å². The topological polar surface area (TPSA) is 64.7 Å². The first-order valence-corrected chi connectivity index (χ1v) is 8.34. The van der Waals surface area contributed by atoms with Crippen LogP contribution in [0.25, 0.3) is 0 Å². The summed E-state index contributed by atoms with van der Waals surface area (Å²) < 4.78 is 42.6. The van der Waals surface area contributed by atoms with Crippen molar-refractivity contribution in [3.8, 4) is 0 Å². The standard InChI is InChI=1S/C16H20F3N5O/c1-2-12(15(25)20-8-10-23-9-4-7-21-23)24-13-6-3-5-11(13)14(22-24)16(17,18)19/h4,7,9,12H,2-3,5-6,8,10H2,1H3,(H,20,25)/t12-/m0/s1. The van der Waals surface area contributed by atoms with Crippen LogP contribution in [0.4, 0.5) is 13.2 Å². The molecular weight excluding hydrogens is 335 g/mol. The van der Waals surface area contributed by atoms with Crippen molar-refractivity contribution in [2.24, 2.45) is 0 Å². The lowest BCUT2D eigenvalue weighted by Crippen LogP contribution is -2.35. The first kappa shape index (κ1) is 17.5. The highest BCUT2D eigenvalue weighted by Crippen LogP contribution is 2.37. The zero-order valence-electron chi connectivity index (χ0n) is 13.9. The van der Waals surface area contributed by atoms with Crippen molar-refractivity contribution in [2.75, 3.05) is 6.54 Å². The molecule has 3 rings (SSSR count). The SMILES string of the molecule is CC[C@@H](C(=O)NCCn1cccn1)n1nc(C(F)(F)F)c2c1CCC2. The van der Waals surface area contributed by atoms with E-state index in [1.807, 2.05) is 0 Å². The lowest BCUT2D eigenvalue weighted by molar-refractivity contribution is -0.142. The molecule has 0 fully saturated rings. The van der Waals surface area contributed by atoms with E-state index in [0.717, 1.165) is 0 Å². The predicted octanol–water partition coefficient (Wildman–Crippen LogP) is 2.35. The summed E-state index contributed by atoms with van der Waals surface area (Å²) in [5.41, 5.74) is -0.0560. The van der Waals surface area contributed by atoms with Gasteiger partial charge in [-0.05, 0) is 31.7 Å². The van der Waals surface area contributed by atoms with E-state index in [2.05, 4.69) is 15.5 Å². The van der Waals surface area contributed by atoms with Gasteiger partial charge in [0.05, 0.1) is 6.54 Å². The fourth-order valence-electron chi connectivity index (χ4n) is 3.26. The van der Waals surface area contributed by atoms with Gasteiger partial charge in [0.25, 0.3) is 0 Å². The molecule has 25 heavy (non-hydrogen) atoms. The molecular formula is C16H20F3N5O. The van der Waals surface area contributed by atoms with Crippen LogP contribution in [0.2, 0.25) is 0 Å². The van der Waals surface area contributed by atoms with Crippen molar-refractivity contribution >= 4 is 5.91 Å². The average molecular weight is 355 g/mol. The number of carbonyl (C=O) groups is 1. The van der Waals surface area contributed by atoms with Crippen LogP contribution in [-0.2, 0) is 30.4 Å². The minimum atomic E-state index is -4.49. The summed E-state index contributed by atoms with van der Waals surface area (Å²) >= 11 is 0. The van der Waals surface area contributed by atoms with Crippen LogP contribution in [0.1, 0.15) is 42.8 Å². The maximum atomic E-state index is 13.2. The predicted molar refractivity (Wildman–Crippen MR) is 83.8 cm³/mol. The summed E-state index contributed by atoms with van der Waals surface area (Å²) in [5.74, 6) is -0.319. The minimum absolute atomic E-state index is 0.246. The van der Waals surface area contributed by atoms with E-state index in [1.165, 1.54) is 4.68 Å². The van der Waals surface area contributed by atoms with E-state index in [0.29, 0.717) is 44.5 Å². The van der Waals surface area contributed by atoms with Gasteiger partial charge in [0.15, 0.2) is 5.69 Å². The van der Waals surface area contributed by atoms with Gasteiger partial charge >= 0.3 is 6.18 Å². The van der Waals surface area contributed by atoms with E-state index in [1.54, 1.807) is 30.1 Å².